The van der Waals surface area contributed by atoms with Gasteiger partial charge in [-0.2, -0.15) is 5.10 Å². The maximum absolute atomic E-state index is 13.3. The van der Waals surface area contributed by atoms with Crippen molar-refractivity contribution in [2.75, 3.05) is 32.8 Å². The average molecular weight is 491 g/mol. The minimum absolute atomic E-state index is 0.124. The molecule has 1 fully saturated rings. The van der Waals surface area contributed by atoms with Crippen LogP contribution in [0.2, 0.25) is 0 Å². The first-order valence-electron chi connectivity index (χ1n) is 11.9. The van der Waals surface area contributed by atoms with Crippen LogP contribution in [-0.4, -0.2) is 70.3 Å². The second kappa shape index (κ2) is 9.85. The summed E-state index contributed by atoms with van der Waals surface area (Å²) in [5.41, 5.74) is 3.22. The van der Waals surface area contributed by atoms with Gasteiger partial charge < -0.3 is 19.3 Å². The number of amides is 2. The first-order valence-corrected chi connectivity index (χ1v) is 11.9. The molecule has 9 heteroatoms. The van der Waals surface area contributed by atoms with Gasteiger partial charge in [-0.1, -0.05) is 12.1 Å². The molecule has 1 atom stereocenters. The van der Waals surface area contributed by atoms with Gasteiger partial charge in [0.1, 0.15) is 12.4 Å². The highest BCUT2D eigenvalue weighted by atomic mass is 19.1. The molecule has 0 aliphatic carbocycles. The van der Waals surface area contributed by atoms with Crippen molar-refractivity contribution in [3.8, 4) is 17.2 Å². The molecule has 2 aliphatic rings. The quantitative estimate of drug-likeness (QED) is 0.525. The summed E-state index contributed by atoms with van der Waals surface area (Å²) >= 11 is 0. The lowest BCUT2D eigenvalue weighted by molar-refractivity contribution is -0.145. The molecule has 3 heterocycles. The predicted molar refractivity (Wildman–Crippen MR) is 132 cm³/mol. The van der Waals surface area contributed by atoms with E-state index in [1.54, 1.807) is 44.8 Å². The van der Waals surface area contributed by atoms with Gasteiger partial charge in [-0.05, 0) is 56.3 Å². The van der Waals surface area contributed by atoms with Crippen LogP contribution in [0.5, 0.6) is 11.5 Å². The number of aromatic nitrogens is 2. The summed E-state index contributed by atoms with van der Waals surface area (Å²) in [5.74, 6) is 0.637. The lowest BCUT2D eigenvalue weighted by Gasteiger charge is -2.36. The minimum Gasteiger partial charge on any atom is -0.485 e. The summed E-state index contributed by atoms with van der Waals surface area (Å²) in [4.78, 5) is 29.2. The summed E-state index contributed by atoms with van der Waals surface area (Å²) < 4.78 is 26.5. The van der Waals surface area contributed by atoms with Crippen molar-refractivity contribution in [1.82, 2.24) is 19.6 Å². The lowest BCUT2D eigenvalue weighted by atomic mass is 10.1. The number of benzene rings is 2. The summed E-state index contributed by atoms with van der Waals surface area (Å²) in [6.07, 6.45) is 2.62. The molecule has 3 aromatic rings. The molecular weight excluding hydrogens is 463 g/mol. The summed E-state index contributed by atoms with van der Waals surface area (Å²) in [7, 11) is 0. The predicted octanol–water partition coefficient (Wildman–Crippen LogP) is 3.15. The van der Waals surface area contributed by atoms with Crippen LogP contribution in [0.4, 0.5) is 4.39 Å². The zero-order valence-electron chi connectivity index (χ0n) is 20.2. The van der Waals surface area contributed by atoms with E-state index in [9.17, 15) is 14.0 Å². The molecular formula is C27H27FN4O4. The Kier molecular flexibility index (Phi) is 6.45. The second-order valence-corrected chi connectivity index (χ2v) is 8.82. The van der Waals surface area contributed by atoms with Gasteiger partial charge in [0.05, 0.1) is 11.4 Å². The van der Waals surface area contributed by atoms with Crippen LogP contribution in [0.15, 0.2) is 54.6 Å². The summed E-state index contributed by atoms with van der Waals surface area (Å²) in [6, 6.07) is 13.4. The molecule has 36 heavy (non-hydrogen) atoms. The number of rotatable bonds is 4. The standard InChI is InChI=1S/C27H27FN4O4/c1-18-22(19(2)32(29-18)21-9-7-20(28)8-10-21)11-12-26(33)30-13-15-31(16-14-30)27(34)25-17-35-23-5-3-4-6-24(23)36-25/h3-12,25H,13-17H2,1-2H3/b12-11+/t25-/m1/s1. The van der Waals surface area contributed by atoms with Gasteiger partial charge in [0.15, 0.2) is 11.5 Å². The van der Waals surface area contributed by atoms with Crippen molar-refractivity contribution in [2.45, 2.75) is 20.0 Å². The van der Waals surface area contributed by atoms with Gasteiger partial charge in [0, 0.05) is 43.5 Å². The molecule has 5 rings (SSSR count). The molecule has 2 aliphatic heterocycles. The summed E-state index contributed by atoms with van der Waals surface area (Å²) in [5, 5.41) is 4.54. The van der Waals surface area contributed by atoms with Gasteiger partial charge in [-0.15, -0.1) is 0 Å². The Morgan fingerprint density at radius 3 is 2.36 bits per heavy atom. The average Bonchev–Trinajstić information content (AvgIpc) is 3.19. The van der Waals surface area contributed by atoms with Crippen LogP contribution in [0.1, 0.15) is 17.0 Å². The lowest BCUT2D eigenvalue weighted by Crippen LogP contribution is -2.54. The highest BCUT2D eigenvalue weighted by Gasteiger charge is 2.33. The molecule has 8 nitrogen and oxygen atoms in total. The topological polar surface area (TPSA) is 76.9 Å². The van der Waals surface area contributed by atoms with E-state index in [2.05, 4.69) is 5.10 Å². The number of nitrogens with zero attached hydrogens (tertiary/aromatic N) is 4. The molecule has 0 unspecified atom stereocenters. The number of hydrogen-bond acceptors (Lipinski definition) is 5. The molecule has 0 spiro atoms. The molecule has 1 saturated heterocycles. The Balaban J connectivity index is 1.18. The third-order valence-electron chi connectivity index (χ3n) is 6.50. The van der Waals surface area contributed by atoms with E-state index in [4.69, 9.17) is 9.47 Å². The fraction of sp³-hybridized carbons (Fsp3) is 0.296. The smallest absolute Gasteiger partial charge is 0.267 e. The number of fused-ring (bicyclic) bond motifs is 1. The zero-order valence-corrected chi connectivity index (χ0v) is 20.2. The highest BCUT2D eigenvalue weighted by Crippen LogP contribution is 2.31. The van der Waals surface area contributed by atoms with E-state index in [0.29, 0.717) is 37.7 Å². The monoisotopic (exact) mass is 490 g/mol. The van der Waals surface area contributed by atoms with E-state index < -0.39 is 6.10 Å². The van der Waals surface area contributed by atoms with Crippen molar-refractivity contribution in [2.24, 2.45) is 0 Å². The number of carbonyl (C=O) groups excluding carboxylic acids is 2. The first-order chi connectivity index (χ1) is 17.4. The minimum atomic E-state index is -0.689. The Hall–Kier alpha value is -4.14. The van der Waals surface area contributed by atoms with E-state index >= 15 is 0 Å². The number of para-hydroxylation sites is 2. The number of ether oxygens (including phenoxy) is 2. The van der Waals surface area contributed by atoms with Gasteiger partial charge in [0.2, 0.25) is 12.0 Å². The number of hydrogen-bond donors (Lipinski definition) is 0. The van der Waals surface area contributed by atoms with E-state index in [1.807, 2.05) is 32.0 Å². The first kappa shape index (κ1) is 23.6. The van der Waals surface area contributed by atoms with Gasteiger partial charge in [0.25, 0.3) is 5.91 Å². The third kappa shape index (κ3) is 4.68. The molecule has 0 bridgehead atoms. The van der Waals surface area contributed by atoms with Crippen molar-refractivity contribution >= 4 is 17.9 Å². The number of piperazine rings is 1. The molecule has 0 saturated carbocycles. The fourth-order valence-electron chi connectivity index (χ4n) is 4.48. The van der Waals surface area contributed by atoms with Crippen LogP contribution in [-0.2, 0) is 9.59 Å². The van der Waals surface area contributed by atoms with Crippen LogP contribution in [0, 0.1) is 19.7 Å². The third-order valence-corrected chi connectivity index (χ3v) is 6.50. The fourth-order valence-corrected chi connectivity index (χ4v) is 4.48. The Labute approximate surface area is 208 Å². The molecule has 0 radical (unpaired) electrons. The van der Waals surface area contributed by atoms with Crippen molar-refractivity contribution < 1.29 is 23.5 Å². The van der Waals surface area contributed by atoms with Crippen molar-refractivity contribution in [1.29, 1.82) is 0 Å². The molecule has 1 aromatic heterocycles. The van der Waals surface area contributed by atoms with Gasteiger partial charge in [-0.3, -0.25) is 9.59 Å². The zero-order chi connectivity index (χ0) is 25.2. The van der Waals surface area contributed by atoms with Crippen molar-refractivity contribution in [3.63, 3.8) is 0 Å². The Bertz CT molecular complexity index is 1310. The second-order valence-electron chi connectivity index (χ2n) is 8.82. The number of carbonyl (C=O) groups is 2. The normalized spacial score (nSPS) is 17.5. The van der Waals surface area contributed by atoms with Crippen LogP contribution < -0.4 is 9.47 Å². The number of aryl methyl sites for hydroxylation is 1. The maximum atomic E-state index is 13.3. The van der Waals surface area contributed by atoms with E-state index in [0.717, 1.165) is 22.6 Å². The van der Waals surface area contributed by atoms with Gasteiger partial charge >= 0.3 is 0 Å². The largest absolute Gasteiger partial charge is 0.485 e. The summed E-state index contributed by atoms with van der Waals surface area (Å²) in [6.45, 7) is 5.69. The maximum Gasteiger partial charge on any atom is 0.267 e. The van der Waals surface area contributed by atoms with E-state index in [1.165, 1.54) is 12.1 Å². The molecule has 2 aromatic carbocycles. The van der Waals surface area contributed by atoms with Crippen LogP contribution in [0.3, 0.4) is 0 Å². The number of halogens is 1. The molecule has 2 amide bonds. The SMILES string of the molecule is Cc1nn(-c2ccc(F)cc2)c(C)c1/C=C/C(=O)N1CCN(C(=O)[C@H]2COc3ccccc3O2)CC1. The van der Waals surface area contributed by atoms with Crippen molar-refractivity contribution in [3.05, 3.63) is 77.4 Å². The Morgan fingerprint density at radius 1 is 0.972 bits per heavy atom. The highest BCUT2D eigenvalue weighted by molar-refractivity contribution is 5.92. The molecule has 186 valence electrons. The van der Waals surface area contributed by atoms with Crippen LogP contribution >= 0.6 is 0 Å². The Morgan fingerprint density at radius 2 is 1.64 bits per heavy atom. The molecule has 0 N–H and O–H groups in total. The van der Waals surface area contributed by atoms with Gasteiger partial charge in [-0.25, -0.2) is 9.07 Å². The van der Waals surface area contributed by atoms with Crippen LogP contribution in [0.25, 0.3) is 11.8 Å². The van der Waals surface area contributed by atoms with E-state index in [-0.39, 0.29) is 24.2 Å².